The molecule has 0 aliphatic carbocycles. The van der Waals surface area contributed by atoms with E-state index in [1.54, 1.807) is 12.1 Å². The van der Waals surface area contributed by atoms with Crippen molar-refractivity contribution in [3.63, 3.8) is 0 Å². The number of Topliss-reactive ketones (excluding diaryl/α,β-unsaturated/α-hetero) is 1. The van der Waals surface area contributed by atoms with Crippen molar-refractivity contribution >= 4 is 11.8 Å². The molecule has 21 heavy (non-hydrogen) atoms. The maximum Gasteiger partial charge on any atom is 0.335 e. The van der Waals surface area contributed by atoms with Crippen LogP contribution < -0.4 is 0 Å². The lowest BCUT2D eigenvalue weighted by Crippen LogP contribution is -2.41. The topological polar surface area (TPSA) is 57.6 Å². The van der Waals surface area contributed by atoms with Gasteiger partial charge in [-0.2, -0.15) is 0 Å². The van der Waals surface area contributed by atoms with Crippen molar-refractivity contribution in [2.24, 2.45) is 11.8 Å². The molecule has 0 spiro atoms. The zero-order valence-corrected chi connectivity index (χ0v) is 12.9. The maximum absolute atomic E-state index is 12.5. The zero-order chi connectivity index (χ0) is 15.6. The van der Waals surface area contributed by atoms with Crippen LogP contribution in [0, 0.1) is 18.8 Å². The summed E-state index contributed by atoms with van der Waals surface area (Å²) in [7, 11) is 0. The second-order valence-electron chi connectivity index (χ2n) is 6.40. The fourth-order valence-electron chi connectivity index (χ4n) is 3.26. The molecule has 0 aromatic heterocycles. The third kappa shape index (κ3) is 3.91. The Bertz CT molecular complexity index is 543. The molecule has 2 atom stereocenters. The SMILES string of the molecule is Cc1ccc(C(=O)O)cc1C(=O)CN1CC(C)CC(C)C1. The number of carbonyl (C=O) groups excluding carboxylic acids is 1. The molecule has 0 bridgehead atoms. The number of carbonyl (C=O) groups is 2. The van der Waals surface area contributed by atoms with Crippen molar-refractivity contribution in [3.05, 3.63) is 34.9 Å². The van der Waals surface area contributed by atoms with Gasteiger partial charge in [0.15, 0.2) is 5.78 Å². The highest BCUT2D eigenvalue weighted by atomic mass is 16.4. The van der Waals surface area contributed by atoms with Gasteiger partial charge in [0.25, 0.3) is 0 Å². The van der Waals surface area contributed by atoms with Gasteiger partial charge < -0.3 is 5.11 Å². The first-order chi connectivity index (χ1) is 9.86. The van der Waals surface area contributed by atoms with E-state index < -0.39 is 5.97 Å². The van der Waals surface area contributed by atoms with Gasteiger partial charge in [-0.25, -0.2) is 4.79 Å². The number of likely N-dealkylation sites (tertiary alicyclic amines) is 1. The lowest BCUT2D eigenvalue weighted by molar-refractivity contribution is 0.0697. The number of ketones is 1. The molecule has 2 unspecified atom stereocenters. The highest BCUT2D eigenvalue weighted by molar-refractivity contribution is 6.01. The second kappa shape index (κ2) is 6.39. The quantitative estimate of drug-likeness (QED) is 0.866. The Balaban J connectivity index is 2.13. The first-order valence-corrected chi connectivity index (χ1v) is 7.46. The number of aromatic carboxylic acids is 1. The summed E-state index contributed by atoms with van der Waals surface area (Å²) >= 11 is 0. The van der Waals surface area contributed by atoms with E-state index in [0.29, 0.717) is 23.9 Å². The van der Waals surface area contributed by atoms with Crippen LogP contribution in [0.4, 0.5) is 0 Å². The van der Waals surface area contributed by atoms with Crippen LogP contribution in [0.25, 0.3) is 0 Å². The van der Waals surface area contributed by atoms with Crippen LogP contribution in [0.1, 0.15) is 46.5 Å². The molecule has 114 valence electrons. The zero-order valence-electron chi connectivity index (χ0n) is 12.9. The summed E-state index contributed by atoms with van der Waals surface area (Å²) in [6, 6.07) is 4.74. The molecule has 1 aliphatic rings. The Morgan fingerprint density at radius 1 is 1.24 bits per heavy atom. The lowest BCUT2D eigenvalue weighted by Gasteiger charge is -2.34. The van der Waals surface area contributed by atoms with Crippen molar-refractivity contribution in [2.45, 2.75) is 27.2 Å². The van der Waals surface area contributed by atoms with E-state index in [4.69, 9.17) is 5.11 Å². The highest BCUT2D eigenvalue weighted by Gasteiger charge is 2.24. The van der Waals surface area contributed by atoms with Gasteiger partial charge in [-0.15, -0.1) is 0 Å². The molecule has 1 heterocycles. The van der Waals surface area contributed by atoms with Crippen LogP contribution in [0.3, 0.4) is 0 Å². The van der Waals surface area contributed by atoms with Crippen LogP contribution >= 0.6 is 0 Å². The molecular formula is C17H23NO3. The minimum Gasteiger partial charge on any atom is -0.478 e. The lowest BCUT2D eigenvalue weighted by atomic mass is 9.91. The van der Waals surface area contributed by atoms with Crippen molar-refractivity contribution in [3.8, 4) is 0 Å². The molecule has 4 nitrogen and oxygen atoms in total. The van der Waals surface area contributed by atoms with Crippen LogP contribution in [0.2, 0.25) is 0 Å². The van der Waals surface area contributed by atoms with E-state index in [2.05, 4.69) is 18.7 Å². The molecule has 1 saturated heterocycles. The Morgan fingerprint density at radius 3 is 2.43 bits per heavy atom. The van der Waals surface area contributed by atoms with E-state index in [9.17, 15) is 9.59 Å². The van der Waals surface area contributed by atoms with Crippen LogP contribution in [0.5, 0.6) is 0 Å². The third-order valence-electron chi connectivity index (χ3n) is 4.10. The number of carboxylic acid groups (broad SMARTS) is 1. The first-order valence-electron chi connectivity index (χ1n) is 7.46. The Kier molecular flexibility index (Phi) is 4.78. The van der Waals surface area contributed by atoms with Gasteiger partial charge in [0.2, 0.25) is 0 Å². The molecule has 0 saturated carbocycles. The van der Waals surface area contributed by atoms with Crippen molar-refractivity contribution in [1.82, 2.24) is 4.90 Å². The summed E-state index contributed by atoms with van der Waals surface area (Å²) < 4.78 is 0. The number of piperidine rings is 1. The average molecular weight is 289 g/mol. The predicted molar refractivity (Wildman–Crippen MR) is 81.9 cm³/mol. The molecule has 1 aromatic rings. The van der Waals surface area contributed by atoms with Gasteiger partial charge in [0.05, 0.1) is 12.1 Å². The van der Waals surface area contributed by atoms with Gasteiger partial charge in [-0.05, 0) is 42.9 Å². The average Bonchev–Trinajstić information content (AvgIpc) is 2.37. The number of hydrogen-bond acceptors (Lipinski definition) is 3. The van der Waals surface area contributed by atoms with Gasteiger partial charge in [0, 0.05) is 18.7 Å². The molecule has 2 rings (SSSR count). The standard InChI is InChI=1S/C17H23NO3/c1-11-6-12(2)9-18(8-11)10-16(19)15-7-14(17(20)21)5-4-13(15)3/h4-5,7,11-12H,6,8-10H2,1-3H3,(H,20,21). The van der Waals surface area contributed by atoms with Gasteiger partial charge in [-0.3, -0.25) is 9.69 Å². The maximum atomic E-state index is 12.5. The summed E-state index contributed by atoms with van der Waals surface area (Å²) in [4.78, 5) is 25.7. The van der Waals surface area contributed by atoms with Crippen LogP contribution in [-0.4, -0.2) is 41.4 Å². The minimum absolute atomic E-state index is 0.0110. The van der Waals surface area contributed by atoms with E-state index in [-0.39, 0.29) is 11.3 Å². The van der Waals surface area contributed by atoms with Gasteiger partial charge in [-0.1, -0.05) is 19.9 Å². The molecule has 0 radical (unpaired) electrons. The molecule has 0 amide bonds. The molecule has 1 aromatic carbocycles. The molecule has 1 fully saturated rings. The molecule has 4 heteroatoms. The number of hydrogen-bond donors (Lipinski definition) is 1. The smallest absolute Gasteiger partial charge is 0.335 e. The Morgan fingerprint density at radius 2 is 1.86 bits per heavy atom. The number of nitrogens with zero attached hydrogens (tertiary/aromatic N) is 1. The number of aryl methyl sites for hydroxylation is 1. The van der Waals surface area contributed by atoms with E-state index in [0.717, 1.165) is 18.7 Å². The first kappa shape index (κ1) is 15.7. The normalized spacial score (nSPS) is 23.0. The van der Waals surface area contributed by atoms with Gasteiger partial charge >= 0.3 is 5.97 Å². The Labute approximate surface area is 125 Å². The Hall–Kier alpha value is -1.68. The third-order valence-corrected chi connectivity index (χ3v) is 4.10. The largest absolute Gasteiger partial charge is 0.478 e. The van der Waals surface area contributed by atoms with E-state index in [1.165, 1.54) is 12.5 Å². The highest BCUT2D eigenvalue weighted by Crippen LogP contribution is 2.21. The summed E-state index contributed by atoms with van der Waals surface area (Å²) in [5.74, 6) is 0.224. The van der Waals surface area contributed by atoms with E-state index in [1.807, 2.05) is 6.92 Å². The van der Waals surface area contributed by atoms with E-state index >= 15 is 0 Å². The van der Waals surface area contributed by atoms with Crippen molar-refractivity contribution in [1.29, 1.82) is 0 Å². The van der Waals surface area contributed by atoms with Crippen molar-refractivity contribution < 1.29 is 14.7 Å². The van der Waals surface area contributed by atoms with Gasteiger partial charge in [0.1, 0.15) is 0 Å². The fraction of sp³-hybridized carbons (Fsp3) is 0.529. The van der Waals surface area contributed by atoms with Crippen LogP contribution in [-0.2, 0) is 0 Å². The molecular weight excluding hydrogens is 266 g/mol. The molecule has 1 aliphatic heterocycles. The summed E-state index contributed by atoms with van der Waals surface area (Å²) in [6.07, 6.45) is 1.21. The fourth-order valence-corrected chi connectivity index (χ4v) is 3.26. The number of rotatable bonds is 4. The number of benzene rings is 1. The van der Waals surface area contributed by atoms with Crippen molar-refractivity contribution in [2.75, 3.05) is 19.6 Å². The summed E-state index contributed by atoms with van der Waals surface area (Å²) in [5, 5.41) is 9.05. The molecule has 1 N–H and O–H groups in total. The predicted octanol–water partition coefficient (Wildman–Crippen LogP) is 2.85. The second-order valence-corrected chi connectivity index (χ2v) is 6.40. The summed E-state index contributed by atoms with van der Waals surface area (Å²) in [6.45, 7) is 8.52. The minimum atomic E-state index is -0.996. The summed E-state index contributed by atoms with van der Waals surface area (Å²) in [5.41, 5.74) is 1.54. The number of carboxylic acids is 1. The van der Waals surface area contributed by atoms with Crippen LogP contribution in [0.15, 0.2) is 18.2 Å². The monoisotopic (exact) mass is 289 g/mol.